The predicted molar refractivity (Wildman–Crippen MR) is 117 cm³/mol. The largest absolute Gasteiger partial charge is 0.353 e. The molecular weight excluding hydrogens is 398 g/mol. The maximum absolute atomic E-state index is 12.4. The summed E-state index contributed by atoms with van der Waals surface area (Å²) in [6.45, 7) is 4.99. The summed E-state index contributed by atoms with van der Waals surface area (Å²) in [6, 6.07) is 10.0. The van der Waals surface area contributed by atoms with Crippen LogP contribution in [0.25, 0.3) is 0 Å². The Morgan fingerprint density at radius 1 is 1.23 bits per heavy atom. The molecule has 30 heavy (non-hydrogen) atoms. The van der Waals surface area contributed by atoms with Gasteiger partial charge in [0, 0.05) is 54.8 Å². The topological polar surface area (TPSA) is 73.1 Å². The molecule has 1 aromatic heterocycles. The number of aromatic nitrogens is 2. The van der Waals surface area contributed by atoms with Crippen LogP contribution in [0.5, 0.6) is 0 Å². The van der Waals surface area contributed by atoms with E-state index in [4.69, 9.17) is 16.6 Å². The summed E-state index contributed by atoms with van der Waals surface area (Å²) in [5.74, 6) is 2.01. The third-order valence-corrected chi connectivity index (χ3v) is 6.01. The summed E-state index contributed by atoms with van der Waals surface area (Å²) < 4.78 is 0. The molecule has 7 heteroatoms. The molecule has 0 spiro atoms. The average Bonchev–Trinajstić information content (AvgIpc) is 3.60. The first-order valence-electron chi connectivity index (χ1n) is 10.6. The number of rotatable bonds is 6. The monoisotopic (exact) mass is 423 g/mol. The van der Waals surface area contributed by atoms with E-state index in [-0.39, 0.29) is 12.3 Å². The van der Waals surface area contributed by atoms with Crippen LogP contribution in [0.3, 0.4) is 0 Å². The molecule has 0 radical (unpaired) electrons. The normalized spacial score (nSPS) is 16.4. The molecule has 2 heterocycles. The maximum Gasteiger partial charge on any atom is 0.225 e. The van der Waals surface area contributed by atoms with Gasteiger partial charge in [0.05, 0.1) is 12.5 Å². The molecule has 0 atom stereocenters. The number of benzene rings is 1. The quantitative estimate of drug-likeness (QED) is 0.711. The zero-order valence-electron chi connectivity index (χ0n) is 17.3. The number of anilines is 1. The number of hydrogen-bond acceptors (Lipinski definition) is 5. The van der Waals surface area contributed by atoms with Gasteiger partial charge in [0.15, 0.2) is 0 Å². The van der Waals surface area contributed by atoms with Crippen molar-refractivity contribution in [1.82, 2.24) is 14.9 Å². The van der Waals surface area contributed by atoms with Crippen molar-refractivity contribution in [3.05, 3.63) is 51.9 Å². The Labute approximate surface area is 182 Å². The number of piperazine rings is 1. The molecule has 1 saturated heterocycles. The van der Waals surface area contributed by atoms with Crippen molar-refractivity contribution in [3.63, 3.8) is 0 Å². The van der Waals surface area contributed by atoms with E-state index < -0.39 is 0 Å². The molecule has 0 N–H and O–H groups in total. The second-order valence-corrected chi connectivity index (χ2v) is 8.41. The lowest BCUT2D eigenvalue weighted by Gasteiger charge is -2.36. The summed E-state index contributed by atoms with van der Waals surface area (Å²) in [6.07, 6.45) is 3.72. The number of nitriles is 1. The number of aryl methyl sites for hydroxylation is 1. The number of nitrogens with zero attached hydrogens (tertiary/aromatic N) is 5. The third-order valence-electron chi connectivity index (χ3n) is 5.78. The molecule has 2 aromatic rings. The van der Waals surface area contributed by atoms with Crippen LogP contribution in [0.4, 0.5) is 5.82 Å². The van der Waals surface area contributed by atoms with Gasteiger partial charge in [-0.1, -0.05) is 30.7 Å². The zero-order valence-corrected chi connectivity index (χ0v) is 18.0. The Morgan fingerprint density at radius 3 is 2.63 bits per heavy atom. The van der Waals surface area contributed by atoms with Crippen LogP contribution in [0.15, 0.2) is 24.3 Å². The number of halogens is 1. The van der Waals surface area contributed by atoms with E-state index in [1.165, 1.54) is 0 Å². The van der Waals surface area contributed by atoms with Crippen molar-refractivity contribution in [3.8, 4) is 6.07 Å². The summed E-state index contributed by atoms with van der Waals surface area (Å²) >= 11 is 6.20. The van der Waals surface area contributed by atoms with Crippen molar-refractivity contribution in [2.75, 3.05) is 31.1 Å². The minimum Gasteiger partial charge on any atom is -0.353 e. The average molecular weight is 424 g/mol. The minimum atomic E-state index is 0.192. The van der Waals surface area contributed by atoms with Gasteiger partial charge in [-0.2, -0.15) is 5.26 Å². The molecule has 6 nitrogen and oxygen atoms in total. The number of carbonyl (C=O) groups is 1. The smallest absolute Gasteiger partial charge is 0.225 e. The van der Waals surface area contributed by atoms with E-state index in [9.17, 15) is 10.1 Å². The first-order chi connectivity index (χ1) is 14.6. The summed E-state index contributed by atoms with van der Waals surface area (Å²) in [4.78, 5) is 26.1. The van der Waals surface area contributed by atoms with E-state index in [1.54, 1.807) is 0 Å². The molecule has 1 aromatic carbocycles. The molecule has 1 aliphatic carbocycles. The number of amides is 1. The van der Waals surface area contributed by atoms with Gasteiger partial charge in [-0.15, -0.1) is 0 Å². The van der Waals surface area contributed by atoms with Crippen LogP contribution >= 0.6 is 11.6 Å². The summed E-state index contributed by atoms with van der Waals surface area (Å²) in [7, 11) is 0. The fourth-order valence-corrected chi connectivity index (χ4v) is 4.24. The Kier molecular flexibility index (Phi) is 6.19. The first-order valence-corrected chi connectivity index (χ1v) is 11.0. The maximum atomic E-state index is 12.4. The molecule has 1 aliphatic heterocycles. The fraction of sp³-hybridized carbons (Fsp3) is 0.478. The zero-order chi connectivity index (χ0) is 21.1. The van der Waals surface area contributed by atoms with Crippen molar-refractivity contribution < 1.29 is 4.79 Å². The van der Waals surface area contributed by atoms with Crippen LogP contribution in [0.2, 0.25) is 5.02 Å². The molecule has 1 amide bonds. The Bertz CT molecular complexity index is 974. The highest BCUT2D eigenvalue weighted by atomic mass is 35.5. The van der Waals surface area contributed by atoms with E-state index in [0.29, 0.717) is 36.3 Å². The Balaban J connectivity index is 1.63. The molecule has 1 saturated carbocycles. The van der Waals surface area contributed by atoms with Crippen LogP contribution in [0.1, 0.15) is 42.4 Å². The lowest BCUT2D eigenvalue weighted by atomic mass is 10.0. The van der Waals surface area contributed by atoms with Gasteiger partial charge in [0.2, 0.25) is 5.91 Å². The minimum absolute atomic E-state index is 0.192. The molecular formula is C23H26ClN5O. The standard InChI is InChI=1S/C23H26ClN5O/c1-2-20-19(15-16-4-3-5-18(24)14-16)22(27-21(26-20)8-9-25)28-10-12-29(13-11-28)23(30)17-6-7-17/h3-5,14,17H,2,6-8,10-13,15H2,1H3. The Morgan fingerprint density at radius 2 is 2.00 bits per heavy atom. The summed E-state index contributed by atoms with van der Waals surface area (Å²) in [5, 5.41) is 9.88. The van der Waals surface area contributed by atoms with E-state index in [0.717, 1.165) is 55.0 Å². The lowest BCUT2D eigenvalue weighted by Crippen LogP contribution is -2.49. The molecule has 2 aliphatic rings. The van der Waals surface area contributed by atoms with Gasteiger partial charge in [-0.25, -0.2) is 9.97 Å². The number of carbonyl (C=O) groups excluding carboxylic acids is 1. The predicted octanol–water partition coefficient (Wildman–Crippen LogP) is 3.41. The second-order valence-electron chi connectivity index (χ2n) is 7.97. The van der Waals surface area contributed by atoms with Gasteiger partial charge in [0.1, 0.15) is 11.6 Å². The Hall–Kier alpha value is -2.65. The highest BCUT2D eigenvalue weighted by molar-refractivity contribution is 6.30. The number of hydrogen-bond donors (Lipinski definition) is 0. The highest BCUT2D eigenvalue weighted by Crippen LogP contribution is 2.32. The van der Waals surface area contributed by atoms with Crippen molar-refractivity contribution in [2.24, 2.45) is 5.92 Å². The second kappa shape index (κ2) is 9.01. The van der Waals surface area contributed by atoms with Crippen molar-refractivity contribution in [2.45, 2.75) is 39.0 Å². The van der Waals surface area contributed by atoms with Crippen LogP contribution in [-0.4, -0.2) is 47.0 Å². The first kappa shape index (κ1) is 20.6. The third kappa shape index (κ3) is 4.57. The summed E-state index contributed by atoms with van der Waals surface area (Å²) in [5.41, 5.74) is 3.17. The van der Waals surface area contributed by atoms with Crippen LogP contribution in [-0.2, 0) is 24.1 Å². The van der Waals surface area contributed by atoms with Crippen LogP contribution in [0, 0.1) is 17.2 Å². The fourth-order valence-electron chi connectivity index (χ4n) is 4.03. The molecule has 156 valence electrons. The highest BCUT2D eigenvalue weighted by Gasteiger charge is 2.35. The van der Waals surface area contributed by atoms with Gasteiger partial charge in [-0.05, 0) is 37.0 Å². The SMILES string of the molecule is CCc1nc(CC#N)nc(N2CCN(C(=O)C3CC3)CC2)c1Cc1cccc(Cl)c1. The van der Waals surface area contributed by atoms with Gasteiger partial charge in [-0.3, -0.25) is 4.79 Å². The molecule has 2 fully saturated rings. The van der Waals surface area contributed by atoms with E-state index in [2.05, 4.69) is 28.9 Å². The molecule has 0 bridgehead atoms. The van der Waals surface area contributed by atoms with E-state index >= 15 is 0 Å². The lowest BCUT2D eigenvalue weighted by molar-refractivity contribution is -0.132. The van der Waals surface area contributed by atoms with Crippen molar-refractivity contribution in [1.29, 1.82) is 5.26 Å². The van der Waals surface area contributed by atoms with E-state index in [1.807, 2.05) is 23.1 Å². The van der Waals surface area contributed by atoms with Crippen LogP contribution < -0.4 is 4.90 Å². The van der Waals surface area contributed by atoms with Gasteiger partial charge < -0.3 is 9.80 Å². The van der Waals surface area contributed by atoms with Gasteiger partial charge >= 0.3 is 0 Å². The molecule has 4 rings (SSSR count). The van der Waals surface area contributed by atoms with Crippen molar-refractivity contribution >= 4 is 23.3 Å². The van der Waals surface area contributed by atoms with Gasteiger partial charge in [0.25, 0.3) is 0 Å². The molecule has 0 unspecified atom stereocenters.